The van der Waals surface area contributed by atoms with Gasteiger partial charge in [-0.1, -0.05) is 24.3 Å². The zero-order chi connectivity index (χ0) is 51.7. The van der Waals surface area contributed by atoms with E-state index in [4.69, 9.17) is 5.11 Å². The number of hydrogen-bond donors (Lipinski definition) is 1. The van der Waals surface area contributed by atoms with Crippen molar-refractivity contribution in [1.29, 1.82) is 0 Å². The molecule has 8 rings (SSSR count). The Hall–Kier alpha value is -7.06. The van der Waals surface area contributed by atoms with Crippen molar-refractivity contribution in [2.45, 2.75) is 89.9 Å². The molecule has 14 nitrogen and oxygen atoms in total. The number of fused-ring (bicyclic) bond motifs is 2. The maximum Gasteiger partial charge on any atom is 0.330 e. The average molecular weight is 985 g/mol. The molecule has 0 saturated carbocycles. The summed E-state index contributed by atoms with van der Waals surface area (Å²) in [4.78, 5) is 28.5. The van der Waals surface area contributed by atoms with Crippen LogP contribution in [0.25, 0.3) is 34.9 Å². The number of nitrogens with zero attached hydrogens (tertiary/aromatic N) is 10. The van der Waals surface area contributed by atoms with Crippen molar-refractivity contribution in [2.75, 3.05) is 20.2 Å². The fraction of sp³-hybridized carbons (Fsp3) is 0.373. The van der Waals surface area contributed by atoms with Gasteiger partial charge in [0, 0.05) is 59.6 Å². The Bertz CT molecular complexity index is 2970. The van der Waals surface area contributed by atoms with Crippen LogP contribution in [0.5, 0.6) is 0 Å². The monoisotopic (exact) mass is 984 g/mol. The van der Waals surface area contributed by atoms with Gasteiger partial charge in [-0.2, -0.15) is 9.59 Å². The van der Waals surface area contributed by atoms with Gasteiger partial charge in [-0.25, -0.2) is 35.9 Å². The van der Waals surface area contributed by atoms with E-state index >= 15 is 17.6 Å². The first-order chi connectivity index (χ1) is 33.4. The third-order valence-electron chi connectivity index (χ3n) is 12.1. The van der Waals surface area contributed by atoms with Gasteiger partial charge >= 0.3 is 11.9 Å². The number of alkyl halides is 2. The first-order valence-electron chi connectivity index (χ1n) is 22.7. The fourth-order valence-corrected chi connectivity index (χ4v) is 9.24. The van der Waals surface area contributed by atoms with E-state index in [-0.39, 0.29) is 47.4 Å². The molecule has 2 aliphatic rings. The molecule has 0 amide bonds. The van der Waals surface area contributed by atoms with Crippen LogP contribution in [0.4, 0.5) is 26.3 Å². The molecular formula is C51H54F6N10O4. The van der Waals surface area contributed by atoms with Crippen LogP contribution in [0.2, 0.25) is 0 Å². The number of hydrogen-bond acceptors (Lipinski definition) is 11. The van der Waals surface area contributed by atoms with Crippen molar-refractivity contribution in [3.05, 3.63) is 141 Å². The molecule has 2 aliphatic heterocycles. The molecular weight excluding hydrogens is 931 g/mol. The summed E-state index contributed by atoms with van der Waals surface area (Å²) in [7, 11) is 4.54. The van der Waals surface area contributed by atoms with Crippen molar-refractivity contribution >= 4 is 24.1 Å². The third kappa shape index (κ3) is 12.1. The van der Waals surface area contributed by atoms with Crippen LogP contribution < -0.4 is 0 Å². The fourth-order valence-electron chi connectivity index (χ4n) is 9.24. The molecule has 0 spiro atoms. The molecule has 0 saturated heterocycles. The molecule has 0 aliphatic carbocycles. The maximum absolute atomic E-state index is 15.5. The van der Waals surface area contributed by atoms with E-state index in [2.05, 4.69) is 35.6 Å². The minimum atomic E-state index is -1.61. The van der Waals surface area contributed by atoms with E-state index in [1.807, 2.05) is 26.0 Å². The number of ether oxygens (including phenoxy) is 1. The summed E-state index contributed by atoms with van der Waals surface area (Å²) in [6.45, 7) is 9.52. The van der Waals surface area contributed by atoms with Gasteiger partial charge in [0.25, 0.3) is 0 Å². The predicted molar refractivity (Wildman–Crippen MR) is 253 cm³/mol. The summed E-state index contributed by atoms with van der Waals surface area (Å²) < 4.78 is 96.1. The number of aromatic nitrogens is 8. The van der Waals surface area contributed by atoms with Gasteiger partial charge in [0.2, 0.25) is 11.6 Å². The van der Waals surface area contributed by atoms with Gasteiger partial charge in [0.15, 0.2) is 0 Å². The van der Waals surface area contributed by atoms with E-state index in [9.17, 15) is 18.4 Å². The van der Waals surface area contributed by atoms with E-state index in [1.165, 1.54) is 50.5 Å². The molecule has 0 radical (unpaired) electrons. The SMILES string of the molecule is CC1Cc2cc(-c3nnn(C)n3)ccc2C(c2c(F)cc(/C=C/C(=O)O)cc2F)N1CC(C)(C)F.COC(=O)/C=C/c1cc(F)c(C2c3ccc(-c4nnn(C)n4)cc3CC(C)N2CC(C)(C)F)c(F)c1. The van der Waals surface area contributed by atoms with Gasteiger partial charge in [-0.15, -0.1) is 20.4 Å². The summed E-state index contributed by atoms with van der Waals surface area (Å²) in [5.41, 5.74) is 1.19. The maximum atomic E-state index is 15.5. The van der Waals surface area contributed by atoms with E-state index in [1.54, 1.807) is 48.2 Å². The summed E-state index contributed by atoms with van der Waals surface area (Å²) >= 11 is 0. The minimum Gasteiger partial charge on any atom is -0.478 e. The van der Waals surface area contributed by atoms with Gasteiger partial charge in [0.05, 0.1) is 33.3 Å². The van der Waals surface area contributed by atoms with E-state index in [0.717, 1.165) is 64.7 Å². The number of halogens is 6. The Labute approximate surface area is 406 Å². The van der Waals surface area contributed by atoms with Crippen LogP contribution in [0.15, 0.2) is 72.8 Å². The van der Waals surface area contributed by atoms with Crippen molar-refractivity contribution in [1.82, 2.24) is 50.2 Å². The molecule has 4 unspecified atom stereocenters. The molecule has 374 valence electrons. The van der Waals surface area contributed by atoms with Gasteiger partial charge < -0.3 is 9.84 Å². The lowest BCUT2D eigenvalue weighted by molar-refractivity contribution is -0.135. The van der Waals surface area contributed by atoms with Crippen molar-refractivity contribution < 1.29 is 45.8 Å². The smallest absolute Gasteiger partial charge is 0.330 e. The Balaban J connectivity index is 0.000000209. The van der Waals surface area contributed by atoms with Gasteiger partial charge in [-0.05, 0) is 147 Å². The highest BCUT2D eigenvalue weighted by molar-refractivity contribution is 5.87. The molecule has 6 aromatic rings. The highest BCUT2D eigenvalue weighted by Gasteiger charge is 2.41. The quantitative estimate of drug-likeness (QED) is 0.0708. The standard InChI is InChI=1S/C26H28F3N5O2.C25H26F3N5O2/c1-15-10-18-13-17(25-30-32-33(4)31-25)7-8-19(18)24(34(15)14-26(2,3)29)23-20(27)11-16(12-21(23)28)6-9-22(35)36-5;1-14-9-17-12-16(24-29-31-32(4)30-24)6-7-18(17)23(33(14)13-25(2,3)28)22-19(26)10-15(11-20(22)27)5-8-21(34)35/h6-9,11-13,15,24H,10,14H2,1-5H3;5-8,10-12,14,23H,9,13H2,1-4H3,(H,34,35)/b9-6+;8-5+. The lowest BCUT2D eigenvalue weighted by atomic mass is 9.83. The van der Waals surface area contributed by atoms with Crippen LogP contribution in [-0.4, -0.2) is 111 Å². The summed E-state index contributed by atoms with van der Waals surface area (Å²) in [5.74, 6) is -4.23. The summed E-state index contributed by atoms with van der Waals surface area (Å²) in [6, 6.07) is 13.2. The third-order valence-corrected chi connectivity index (χ3v) is 12.1. The zero-order valence-corrected chi connectivity index (χ0v) is 40.6. The first kappa shape index (κ1) is 51.8. The number of tetrazole rings is 2. The lowest BCUT2D eigenvalue weighted by Crippen LogP contribution is -2.48. The van der Waals surface area contributed by atoms with Crippen LogP contribution in [-0.2, 0) is 41.3 Å². The molecule has 20 heteroatoms. The average Bonchev–Trinajstić information content (AvgIpc) is 3.93. The van der Waals surface area contributed by atoms with Gasteiger partial charge in [0.1, 0.15) is 34.6 Å². The molecule has 4 aromatic carbocycles. The Morgan fingerprint density at radius 1 is 0.662 bits per heavy atom. The summed E-state index contributed by atoms with van der Waals surface area (Å²) in [6.07, 6.45) is 5.40. The number of methoxy groups -OCH3 is 1. The number of benzene rings is 4. The molecule has 0 bridgehead atoms. The number of aliphatic carboxylic acids is 1. The number of carboxylic acid groups (broad SMARTS) is 1. The molecule has 4 atom stereocenters. The van der Waals surface area contributed by atoms with Crippen molar-refractivity contribution in [3.8, 4) is 22.8 Å². The van der Waals surface area contributed by atoms with Crippen molar-refractivity contribution in [2.24, 2.45) is 14.1 Å². The second-order valence-corrected chi connectivity index (χ2v) is 19.1. The van der Waals surface area contributed by atoms with E-state index in [0.29, 0.717) is 35.6 Å². The van der Waals surface area contributed by atoms with Crippen LogP contribution in [0.3, 0.4) is 0 Å². The molecule has 1 N–H and O–H groups in total. The largest absolute Gasteiger partial charge is 0.478 e. The normalized spacial score (nSPS) is 18.6. The number of rotatable bonds is 12. The van der Waals surface area contributed by atoms with Crippen LogP contribution >= 0.6 is 0 Å². The highest BCUT2D eigenvalue weighted by atomic mass is 19.2. The predicted octanol–water partition coefficient (Wildman–Crippen LogP) is 8.76. The second kappa shape index (κ2) is 20.7. The minimum absolute atomic E-state index is 0.0192. The molecule has 0 fully saturated rings. The number of aryl methyl sites for hydroxylation is 2. The highest BCUT2D eigenvalue weighted by Crippen LogP contribution is 2.44. The number of carbonyl (C=O) groups excluding carboxylic acids is 1. The Morgan fingerprint density at radius 3 is 1.37 bits per heavy atom. The first-order valence-corrected chi connectivity index (χ1v) is 22.7. The topological polar surface area (TPSA) is 157 Å². The number of esters is 1. The number of carbonyl (C=O) groups is 2. The summed E-state index contributed by atoms with van der Waals surface area (Å²) in [5, 5.41) is 33.1. The molecule has 4 heterocycles. The lowest BCUT2D eigenvalue weighted by Gasteiger charge is -2.44. The molecule has 71 heavy (non-hydrogen) atoms. The van der Waals surface area contributed by atoms with Crippen molar-refractivity contribution in [3.63, 3.8) is 0 Å². The van der Waals surface area contributed by atoms with Gasteiger partial charge in [-0.3, -0.25) is 9.80 Å². The zero-order valence-electron chi connectivity index (χ0n) is 40.6. The number of carboxylic acids is 1. The van der Waals surface area contributed by atoms with Crippen LogP contribution in [0, 0.1) is 23.3 Å². The van der Waals surface area contributed by atoms with Crippen LogP contribution in [0.1, 0.15) is 98.1 Å². The second-order valence-electron chi connectivity index (χ2n) is 19.1. The Morgan fingerprint density at radius 2 is 1.04 bits per heavy atom. The molecule has 2 aromatic heterocycles. The Kier molecular flexibility index (Phi) is 15.1. The van der Waals surface area contributed by atoms with E-state index < -0.39 is 58.6 Å².